The van der Waals surface area contributed by atoms with Crippen molar-refractivity contribution in [3.05, 3.63) is 6.20 Å². The molecular weight excluding hydrogens is 270 g/mol. The average molecular weight is 293 g/mol. The molecule has 20 heavy (non-hydrogen) atoms. The third-order valence-electron chi connectivity index (χ3n) is 0.552. The van der Waals surface area contributed by atoms with Crippen LogP contribution in [-0.4, -0.2) is 24.6 Å². The smallest absolute Gasteiger partial charge is 0.373 e. The average Bonchev–Trinajstić information content (AvgIpc) is 2.81. The summed E-state index contributed by atoms with van der Waals surface area (Å²) in [6.07, 6.45) is 3.00. The summed E-state index contributed by atoms with van der Waals surface area (Å²) in [4.78, 5) is 32.5. The van der Waals surface area contributed by atoms with E-state index in [1.807, 2.05) is 13.8 Å². The van der Waals surface area contributed by atoms with E-state index in [9.17, 15) is 5.11 Å². The Balaban J connectivity index is -0.0000000501. The summed E-state index contributed by atoms with van der Waals surface area (Å²) >= 11 is 0. The molecule has 1 aromatic rings. The molecule has 0 aliphatic carbocycles. The van der Waals surface area contributed by atoms with Crippen molar-refractivity contribution in [2.75, 3.05) is 7.05 Å². The molecule has 9 nitrogen and oxygen atoms in total. The van der Waals surface area contributed by atoms with Crippen molar-refractivity contribution in [1.29, 1.82) is 0 Å². The zero-order chi connectivity index (χ0) is 17.4. The van der Waals surface area contributed by atoms with E-state index >= 15 is 0 Å². The molecule has 0 saturated heterocycles. The van der Waals surface area contributed by atoms with Gasteiger partial charge >= 0.3 is 12.3 Å². The van der Waals surface area contributed by atoms with Gasteiger partial charge in [0.15, 0.2) is 7.05 Å². The summed E-state index contributed by atoms with van der Waals surface area (Å²) in [5.41, 5.74) is 4.50. The van der Waals surface area contributed by atoms with Gasteiger partial charge in [-0.1, -0.05) is 38.8 Å². The molecule has 0 unspecified atom stereocenters. The standard InChI is InChI=1S/C3H4N2O2.C3H8.C2H6.CH5N.2CO2/c1-5-2-3(6)7-4-5;1-3-2;2*1-2;2*2-1-3/h2H,1H3;3H2,1-2H3;1-2H3;2H2,1H3;;. The molecule has 0 spiro atoms. The topological polar surface area (TPSA) is 147 Å². The first-order valence-electron chi connectivity index (χ1n) is 5.59. The van der Waals surface area contributed by atoms with Crippen LogP contribution in [0.15, 0.2) is 10.7 Å². The van der Waals surface area contributed by atoms with E-state index < -0.39 is 5.95 Å². The number of rotatable bonds is 0. The van der Waals surface area contributed by atoms with Crippen molar-refractivity contribution in [3.63, 3.8) is 0 Å². The fraction of sp³-hybridized carbons (Fsp3) is 0.636. The predicted octanol–water partition coefficient (Wildman–Crippen LogP) is -0.577. The normalized spacial score (nSPS) is 5.55. The number of hydrogen-bond donors (Lipinski definition) is 1. The molecule has 9 heteroatoms. The van der Waals surface area contributed by atoms with Crippen molar-refractivity contribution in [2.24, 2.45) is 12.8 Å². The molecule has 0 fully saturated rings. The number of hydrogen-bond acceptors (Lipinski definition) is 8. The monoisotopic (exact) mass is 293 g/mol. The minimum Gasteiger partial charge on any atom is -0.539 e. The molecule has 0 bridgehead atoms. The van der Waals surface area contributed by atoms with Gasteiger partial charge in [-0.25, -0.2) is 0 Å². The molecule has 1 rings (SSSR count). The lowest BCUT2D eigenvalue weighted by atomic mass is 10.6. The van der Waals surface area contributed by atoms with E-state index in [-0.39, 0.29) is 12.3 Å². The lowest BCUT2D eigenvalue weighted by Gasteiger charge is -1.74. The van der Waals surface area contributed by atoms with Crippen LogP contribution in [0.2, 0.25) is 0 Å². The Morgan fingerprint density at radius 2 is 1.45 bits per heavy atom. The highest BCUT2D eigenvalue weighted by Crippen LogP contribution is 1.89. The van der Waals surface area contributed by atoms with Gasteiger partial charge in [0.25, 0.3) is 0 Å². The van der Waals surface area contributed by atoms with Gasteiger partial charge in [-0.05, 0) is 7.05 Å². The van der Waals surface area contributed by atoms with E-state index in [0.29, 0.717) is 0 Å². The molecule has 0 aliphatic rings. The van der Waals surface area contributed by atoms with Crippen molar-refractivity contribution in [1.82, 2.24) is 5.27 Å². The first kappa shape index (κ1) is 30.6. The van der Waals surface area contributed by atoms with Gasteiger partial charge in [-0.15, -0.1) is 0 Å². The number of nitrogens with two attached hydrogens (primary N) is 1. The van der Waals surface area contributed by atoms with Gasteiger partial charge in [0, 0.05) is 0 Å². The molecule has 0 atom stereocenters. The molecule has 0 saturated carbocycles. The fourth-order valence-electron chi connectivity index (χ4n) is 0.304. The molecule has 0 aliphatic heterocycles. The maximum absolute atomic E-state index is 10.0. The van der Waals surface area contributed by atoms with Crippen LogP contribution in [0, 0.1) is 0 Å². The summed E-state index contributed by atoms with van der Waals surface area (Å²) in [5.74, 6) is -0.414. The molecule has 0 aromatic carbocycles. The molecule has 1 heterocycles. The van der Waals surface area contributed by atoms with E-state index in [0.717, 1.165) is 0 Å². The van der Waals surface area contributed by atoms with Gasteiger partial charge in [0.2, 0.25) is 6.20 Å². The highest BCUT2D eigenvalue weighted by atomic mass is 16.6. The van der Waals surface area contributed by atoms with Gasteiger partial charge in [-0.3, -0.25) is 0 Å². The Labute approximate surface area is 118 Å². The number of nitrogens with zero attached hydrogens (tertiary/aromatic N) is 2. The largest absolute Gasteiger partial charge is 0.539 e. The first-order chi connectivity index (χ1) is 9.53. The summed E-state index contributed by atoms with van der Waals surface area (Å²) in [7, 11) is 3.12. The SMILES string of the molecule is CC.CCC.CN.C[n+]1cc([O-])on1.O=C=O.O=C=O. The quantitative estimate of drug-likeness (QED) is 0.625. The van der Waals surface area contributed by atoms with Crippen LogP contribution in [-0.2, 0) is 26.2 Å². The number of aromatic nitrogens is 2. The van der Waals surface area contributed by atoms with E-state index in [1.54, 1.807) is 7.05 Å². The zero-order valence-corrected chi connectivity index (χ0v) is 12.7. The second-order valence-electron chi connectivity index (χ2n) is 2.07. The van der Waals surface area contributed by atoms with Crippen LogP contribution < -0.4 is 15.5 Å². The molecule has 0 amide bonds. The van der Waals surface area contributed by atoms with Gasteiger partial charge in [0.05, 0.1) is 5.27 Å². The highest BCUT2D eigenvalue weighted by Gasteiger charge is 1.88. The van der Waals surface area contributed by atoms with Crippen LogP contribution in [0.25, 0.3) is 0 Å². The summed E-state index contributed by atoms with van der Waals surface area (Å²) in [6.45, 7) is 8.25. The fourth-order valence-corrected chi connectivity index (χ4v) is 0.304. The van der Waals surface area contributed by atoms with Crippen molar-refractivity contribution in [3.8, 4) is 5.95 Å². The van der Waals surface area contributed by atoms with E-state index in [2.05, 4.69) is 29.4 Å². The van der Waals surface area contributed by atoms with Crippen LogP contribution in [0.1, 0.15) is 34.1 Å². The summed E-state index contributed by atoms with van der Waals surface area (Å²) in [5, 5.41) is 13.3. The maximum atomic E-state index is 10.0. The zero-order valence-electron chi connectivity index (χ0n) is 12.7. The third-order valence-corrected chi connectivity index (χ3v) is 0.552. The molecule has 2 N–H and O–H groups in total. The van der Waals surface area contributed by atoms with Crippen LogP contribution in [0.5, 0.6) is 5.95 Å². The Morgan fingerprint density at radius 1 is 1.20 bits per heavy atom. The van der Waals surface area contributed by atoms with Crippen molar-refractivity contribution in [2.45, 2.75) is 34.1 Å². The van der Waals surface area contributed by atoms with Crippen LogP contribution in [0.3, 0.4) is 0 Å². The summed E-state index contributed by atoms with van der Waals surface area (Å²) < 4.78 is 5.43. The van der Waals surface area contributed by atoms with Gasteiger partial charge in [-0.2, -0.15) is 19.2 Å². The van der Waals surface area contributed by atoms with Crippen LogP contribution in [0.4, 0.5) is 0 Å². The molecule has 118 valence electrons. The lowest BCUT2D eigenvalue weighted by molar-refractivity contribution is -0.739. The highest BCUT2D eigenvalue weighted by molar-refractivity contribution is 5.20. The molecule has 0 radical (unpaired) electrons. The van der Waals surface area contributed by atoms with E-state index in [1.165, 1.54) is 24.3 Å². The minimum atomic E-state index is -0.414. The van der Waals surface area contributed by atoms with Crippen molar-refractivity contribution >= 4 is 12.3 Å². The number of aryl methyl sites for hydroxylation is 1. The second kappa shape index (κ2) is 43.8. The first-order valence-corrected chi connectivity index (χ1v) is 5.59. The van der Waals surface area contributed by atoms with Gasteiger partial charge < -0.3 is 15.4 Å². The predicted molar refractivity (Wildman–Crippen MR) is 64.6 cm³/mol. The Kier molecular flexibility index (Phi) is 66.9. The molecular formula is C11H23N3O6. The van der Waals surface area contributed by atoms with Crippen molar-refractivity contribution < 1.29 is 33.5 Å². The minimum absolute atomic E-state index is 0.250. The van der Waals surface area contributed by atoms with Crippen LogP contribution >= 0.6 is 0 Å². The Hall–Kier alpha value is -2.34. The third kappa shape index (κ3) is 75.9. The number of carbonyl (C=O) groups excluding carboxylic acids is 4. The Bertz CT molecular complexity index is 287. The lowest BCUT2D eigenvalue weighted by Crippen LogP contribution is -2.27. The van der Waals surface area contributed by atoms with Gasteiger partial charge in [0.1, 0.15) is 5.95 Å². The Morgan fingerprint density at radius 3 is 1.50 bits per heavy atom. The van der Waals surface area contributed by atoms with E-state index in [4.69, 9.17) is 19.2 Å². The summed E-state index contributed by atoms with van der Waals surface area (Å²) in [6, 6.07) is 0. The second-order valence-corrected chi connectivity index (χ2v) is 2.07. The maximum Gasteiger partial charge on any atom is 0.373 e. The molecule has 1 aromatic heterocycles.